The average molecular weight is 603 g/mol. The Hall–Kier alpha value is 3.33. The quantitative estimate of drug-likeness (QED) is 0.129. The molecule has 3 unspecified atom stereocenters. The predicted molar refractivity (Wildman–Crippen MR) is 121 cm³/mol. The molecule has 0 N–H and O–H groups in total. The van der Waals surface area contributed by atoms with Crippen LogP contribution in [0.5, 0.6) is 0 Å². The molecule has 1 aliphatic heterocycles. The van der Waals surface area contributed by atoms with Crippen LogP contribution in [0.4, 0.5) is 0 Å². The van der Waals surface area contributed by atoms with Crippen molar-refractivity contribution in [3.8, 4) is 0 Å². The van der Waals surface area contributed by atoms with E-state index in [2.05, 4.69) is 0 Å². The van der Waals surface area contributed by atoms with Crippen molar-refractivity contribution in [2.45, 2.75) is 40.0 Å². The van der Waals surface area contributed by atoms with Crippen LogP contribution in [0.1, 0.15) is 40.0 Å². The van der Waals surface area contributed by atoms with E-state index in [0.29, 0.717) is 19.3 Å². The van der Waals surface area contributed by atoms with Crippen molar-refractivity contribution in [2.24, 2.45) is 0 Å². The zero-order chi connectivity index (χ0) is 25.0. The second kappa shape index (κ2) is 22.9. The molecule has 1 rings (SSSR count). The van der Waals surface area contributed by atoms with Crippen LogP contribution < -0.4 is 103 Å². The van der Waals surface area contributed by atoms with Crippen molar-refractivity contribution in [1.29, 1.82) is 0 Å². The minimum Gasteiger partial charge on any atom is -0.778 e. The molecule has 1 heterocycles. The van der Waals surface area contributed by atoms with Gasteiger partial charge in [-0.15, -0.1) is 0 Å². The standard InChI is InChI=1S/C18H42N3O9P3.3Na/c1-4-13-28-31(22,23)16-19-7-9-20(17-32(24,25)29-14-5-2)11-12-21(10-8-19)18-33(26,27)30-15-6-3;;;/h4-18H2,1-3H3,(H,22,23)(H,24,25)(H,26,27);;;/q;3*+1/p-3. The van der Waals surface area contributed by atoms with Gasteiger partial charge in [-0.05, 0) is 19.3 Å². The summed E-state index contributed by atoms with van der Waals surface area (Å²) in [5, 5.41) is 0. The molecule has 36 heavy (non-hydrogen) atoms. The molecule has 3 atom stereocenters. The maximum atomic E-state index is 12.3. The molecule has 0 radical (unpaired) electrons. The van der Waals surface area contributed by atoms with Gasteiger partial charge in [0, 0.05) is 39.3 Å². The van der Waals surface area contributed by atoms with Crippen molar-refractivity contribution in [3.63, 3.8) is 0 Å². The summed E-state index contributed by atoms with van der Waals surface area (Å²) in [5.41, 5.74) is 0. The van der Waals surface area contributed by atoms with Crippen molar-refractivity contribution < 1.29 is 131 Å². The first-order chi connectivity index (χ1) is 15.4. The molecule has 0 aromatic carbocycles. The number of hydrogen-bond acceptors (Lipinski definition) is 12. The minimum absolute atomic E-state index is 0. The Morgan fingerprint density at radius 3 is 0.889 bits per heavy atom. The zero-order valence-electron chi connectivity index (χ0n) is 23.0. The van der Waals surface area contributed by atoms with Crippen molar-refractivity contribution in [2.75, 3.05) is 77.9 Å². The first-order valence-corrected chi connectivity index (χ1v) is 16.6. The van der Waals surface area contributed by atoms with Crippen molar-refractivity contribution in [1.82, 2.24) is 14.7 Å². The van der Waals surface area contributed by atoms with Crippen LogP contribution in [-0.4, -0.2) is 92.6 Å². The predicted octanol–water partition coefficient (Wildman–Crippen LogP) is -8.27. The van der Waals surface area contributed by atoms with Crippen LogP contribution in [-0.2, 0) is 27.3 Å². The molecule has 1 saturated heterocycles. The van der Waals surface area contributed by atoms with E-state index in [-0.39, 0.29) is 167 Å². The normalized spacial score (nSPS) is 21.2. The molecule has 0 aliphatic carbocycles. The number of nitrogens with zero attached hydrogens (tertiary/aromatic N) is 3. The molecule has 198 valence electrons. The first-order valence-electron chi connectivity index (χ1n) is 11.4. The van der Waals surface area contributed by atoms with E-state index in [9.17, 15) is 28.4 Å². The Morgan fingerprint density at radius 2 is 0.722 bits per heavy atom. The van der Waals surface area contributed by atoms with Gasteiger partial charge in [-0.2, -0.15) is 0 Å². The summed E-state index contributed by atoms with van der Waals surface area (Å²) in [4.78, 5) is 41.8. The van der Waals surface area contributed by atoms with Gasteiger partial charge in [0.1, 0.15) is 22.8 Å². The fourth-order valence-corrected chi connectivity index (χ4v) is 7.10. The van der Waals surface area contributed by atoms with Gasteiger partial charge in [0.05, 0.1) is 38.7 Å². The van der Waals surface area contributed by atoms with E-state index in [1.54, 1.807) is 35.5 Å². The van der Waals surface area contributed by atoms with Gasteiger partial charge in [0.25, 0.3) is 0 Å². The molecule has 0 spiro atoms. The van der Waals surface area contributed by atoms with Crippen molar-refractivity contribution in [3.05, 3.63) is 0 Å². The summed E-state index contributed by atoms with van der Waals surface area (Å²) in [6, 6.07) is 0. The largest absolute Gasteiger partial charge is 1.00 e. The van der Waals surface area contributed by atoms with Gasteiger partial charge in [0.15, 0.2) is 0 Å². The number of hydrogen-bond donors (Lipinski definition) is 0. The van der Waals surface area contributed by atoms with E-state index in [4.69, 9.17) is 13.6 Å². The third kappa shape index (κ3) is 21.1. The topological polar surface area (TPSA) is 158 Å². The summed E-state index contributed by atoms with van der Waals surface area (Å²) in [6.45, 7) is 7.39. The summed E-state index contributed by atoms with van der Waals surface area (Å²) >= 11 is 0. The molecule has 0 amide bonds. The van der Waals surface area contributed by atoms with Gasteiger partial charge in [-0.1, -0.05) is 20.8 Å². The fraction of sp³-hybridized carbons (Fsp3) is 1.00. The maximum Gasteiger partial charge on any atom is 1.00 e. The monoisotopic (exact) mass is 603 g/mol. The Labute approximate surface area is 283 Å². The van der Waals surface area contributed by atoms with Gasteiger partial charge >= 0.3 is 88.7 Å². The van der Waals surface area contributed by atoms with Gasteiger partial charge in [0.2, 0.25) is 0 Å². The molecular weight excluding hydrogens is 564 g/mol. The molecule has 18 heteroatoms. The van der Waals surface area contributed by atoms with Gasteiger partial charge in [-0.3, -0.25) is 14.7 Å². The maximum absolute atomic E-state index is 12.3. The van der Waals surface area contributed by atoms with Crippen LogP contribution in [0.2, 0.25) is 0 Å². The molecule has 0 aromatic rings. The second-order valence-corrected chi connectivity index (χ2v) is 13.4. The fourth-order valence-electron chi connectivity index (χ4n) is 3.16. The van der Waals surface area contributed by atoms with Crippen LogP contribution in [0.3, 0.4) is 0 Å². The van der Waals surface area contributed by atoms with Gasteiger partial charge in [-0.25, -0.2) is 0 Å². The first kappa shape index (κ1) is 43.8. The average Bonchev–Trinajstić information content (AvgIpc) is 2.81. The minimum atomic E-state index is -4.12. The second-order valence-electron chi connectivity index (χ2n) is 8.11. The van der Waals surface area contributed by atoms with Crippen LogP contribution in [0, 0.1) is 0 Å². The molecule has 1 aliphatic rings. The molecule has 0 saturated carbocycles. The molecule has 1 fully saturated rings. The Bertz CT molecular complexity index is 613. The van der Waals surface area contributed by atoms with E-state index in [0.717, 1.165) is 0 Å². The molecular formula is C18H39N3Na3O9P3. The van der Waals surface area contributed by atoms with Crippen molar-refractivity contribution >= 4 is 22.8 Å². The summed E-state index contributed by atoms with van der Waals surface area (Å²) < 4.78 is 51.9. The Kier molecular flexibility index (Phi) is 27.8. The van der Waals surface area contributed by atoms with Crippen LogP contribution in [0.15, 0.2) is 0 Å². The van der Waals surface area contributed by atoms with E-state index < -0.39 is 22.8 Å². The summed E-state index contributed by atoms with van der Waals surface area (Å²) in [5.74, 6) is 0. The van der Waals surface area contributed by atoms with Crippen LogP contribution in [0.25, 0.3) is 0 Å². The molecule has 12 nitrogen and oxygen atoms in total. The van der Waals surface area contributed by atoms with E-state index in [1.165, 1.54) is 0 Å². The SMILES string of the molecule is CCCOP(=O)([O-])CN1CCN(CP(=O)([O-])OCCC)CCN(CP(=O)([O-])OCCC)CC1.[Na+].[Na+].[Na+]. The van der Waals surface area contributed by atoms with E-state index in [1.807, 2.05) is 0 Å². The third-order valence-corrected chi connectivity index (χ3v) is 8.76. The molecule has 0 aromatic heterocycles. The smallest absolute Gasteiger partial charge is 0.778 e. The Balaban J connectivity index is -0.00000363. The molecule has 0 bridgehead atoms. The third-order valence-electron chi connectivity index (χ3n) is 4.79. The van der Waals surface area contributed by atoms with Gasteiger partial charge < -0.3 is 41.9 Å². The van der Waals surface area contributed by atoms with E-state index >= 15 is 0 Å². The zero-order valence-corrected chi connectivity index (χ0v) is 31.6. The summed E-state index contributed by atoms with van der Waals surface area (Å²) in [6.07, 6.45) is 0.662. The van der Waals surface area contributed by atoms with Crippen LogP contribution >= 0.6 is 22.8 Å². The summed E-state index contributed by atoms with van der Waals surface area (Å²) in [7, 11) is -12.4. The Morgan fingerprint density at radius 1 is 0.528 bits per heavy atom. The number of rotatable bonds is 15.